The predicted octanol–water partition coefficient (Wildman–Crippen LogP) is 11.7. The number of carbonyl (C=O) groups is 2. The maximum absolute atomic E-state index is 12.1. The van der Waals surface area contributed by atoms with Gasteiger partial charge in [-0.15, -0.1) is 0 Å². The van der Waals surface area contributed by atoms with Gasteiger partial charge in [0.2, 0.25) is 0 Å². The Morgan fingerprint density at radius 3 is 1.18 bits per heavy atom. The first kappa shape index (κ1) is 58.4. The molecule has 0 aromatic carbocycles. The second-order valence-electron chi connectivity index (χ2n) is 13.7. The third-order valence-electron chi connectivity index (χ3n) is 8.05. The number of phosphoric ester groups is 1. The van der Waals surface area contributed by atoms with Crippen molar-refractivity contribution in [3.8, 4) is 0 Å². The highest BCUT2D eigenvalue weighted by atomic mass is 31.2. The van der Waals surface area contributed by atoms with E-state index < -0.39 is 58.4 Å². The number of phosphoric acid groups is 1. The number of allylic oxidation sites excluding steroid dienone is 20. The third kappa shape index (κ3) is 45.4. The number of esters is 2. The number of hydrogen-bond acceptors (Lipinski definition) is 10. The number of rotatable bonds is 38. The van der Waals surface area contributed by atoms with Crippen molar-refractivity contribution in [2.45, 2.75) is 142 Å². The summed E-state index contributed by atoms with van der Waals surface area (Å²) in [6.45, 7) is 2.22. The van der Waals surface area contributed by atoms with E-state index in [1.807, 2.05) is 24.3 Å². The van der Waals surface area contributed by atoms with Crippen LogP contribution >= 0.6 is 7.82 Å². The fraction of sp³-hybridized carbons (Fsp3) is 0.542. The van der Waals surface area contributed by atoms with Gasteiger partial charge in [0.25, 0.3) is 0 Å². The van der Waals surface area contributed by atoms with Gasteiger partial charge in [-0.3, -0.25) is 18.6 Å². The van der Waals surface area contributed by atoms with E-state index in [9.17, 15) is 29.3 Å². The Morgan fingerprint density at radius 1 is 0.467 bits per heavy atom. The van der Waals surface area contributed by atoms with Gasteiger partial charge in [0.1, 0.15) is 25.4 Å². The smallest absolute Gasteiger partial charge is 0.463 e. The van der Waals surface area contributed by atoms with Crippen molar-refractivity contribution < 1.29 is 47.8 Å². The SMILES string of the molecule is CC/C=C\C/C=C\C/C=C\C/C=C\C/C=C\C/C=C\CCC(=O)OC[C@@H](O)COP(=O)(O)OC[C@H](O)COC(=O)CCC/C=C\C/C=C\C/C=C\C/C=C\CCCCC.N. The lowest BCUT2D eigenvalue weighted by atomic mass is 10.2. The Morgan fingerprint density at radius 2 is 0.800 bits per heavy atom. The van der Waals surface area contributed by atoms with Crippen LogP contribution in [0.4, 0.5) is 0 Å². The van der Waals surface area contributed by atoms with E-state index in [0.29, 0.717) is 19.3 Å². The number of unbranched alkanes of at least 4 members (excludes halogenated alkanes) is 4. The molecule has 3 atom stereocenters. The number of ether oxygens (including phenoxy) is 2. The predicted molar refractivity (Wildman–Crippen MR) is 247 cm³/mol. The molecule has 0 saturated carbocycles. The molecular weight excluding hydrogens is 781 g/mol. The Bertz CT molecular complexity index is 1390. The topological polar surface area (TPSA) is 184 Å². The van der Waals surface area contributed by atoms with Crippen molar-refractivity contribution in [1.29, 1.82) is 0 Å². The first-order chi connectivity index (χ1) is 28.7. The fourth-order valence-corrected chi connectivity index (χ4v) is 5.58. The maximum Gasteiger partial charge on any atom is 0.472 e. The van der Waals surface area contributed by atoms with Gasteiger partial charge in [-0.2, -0.15) is 0 Å². The zero-order valence-corrected chi connectivity index (χ0v) is 37.5. The van der Waals surface area contributed by atoms with Crippen molar-refractivity contribution in [2.24, 2.45) is 0 Å². The maximum atomic E-state index is 12.1. The Balaban J connectivity index is 0. The molecule has 0 aliphatic carbocycles. The number of carbonyl (C=O) groups excluding carboxylic acids is 2. The Labute approximate surface area is 362 Å². The van der Waals surface area contributed by atoms with Crippen LogP contribution in [0.3, 0.4) is 0 Å². The van der Waals surface area contributed by atoms with Crippen LogP contribution in [-0.4, -0.2) is 65.7 Å². The van der Waals surface area contributed by atoms with Gasteiger partial charge in [0.05, 0.1) is 13.2 Å². The highest BCUT2D eigenvalue weighted by Gasteiger charge is 2.25. The second-order valence-corrected chi connectivity index (χ2v) is 15.1. The first-order valence-corrected chi connectivity index (χ1v) is 23.0. The molecule has 0 fully saturated rings. The van der Waals surface area contributed by atoms with E-state index >= 15 is 0 Å². The quantitative estimate of drug-likeness (QED) is 0.0200. The van der Waals surface area contributed by atoms with Crippen LogP contribution in [-0.2, 0) is 32.7 Å². The van der Waals surface area contributed by atoms with E-state index in [-0.39, 0.29) is 19.0 Å². The molecule has 0 saturated heterocycles. The molecule has 60 heavy (non-hydrogen) atoms. The summed E-state index contributed by atoms with van der Waals surface area (Å²) in [5.41, 5.74) is 0. The first-order valence-electron chi connectivity index (χ1n) is 21.5. The van der Waals surface area contributed by atoms with Gasteiger partial charge in [-0.25, -0.2) is 4.57 Å². The lowest BCUT2D eigenvalue weighted by Gasteiger charge is -2.17. The molecule has 12 heteroatoms. The zero-order valence-electron chi connectivity index (χ0n) is 36.6. The van der Waals surface area contributed by atoms with Crippen molar-refractivity contribution in [3.63, 3.8) is 0 Å². The van der Waals surface area contributed by atoms with Crippen LogP contribution in [0.1, 0.15) is 129 Å². The van der Waals surface area contributed by atoms with Crippen molar-refractivity contribution in [2.75, 3.05) is 26.4 Å². The number of hydrogen-bond donors (Lipinski definition) is 4. The lowest BCUT2D eigenvalue weighted by molar-refractivity contribution is -0.147. The summed E-state index contributed by atoms with van der Waals surface area (Å²) in [4.78, 5) is 33.8. The van der Waals surface area contributed by atoms with Gasteiger partial charge in [0.15, 0.2) is 0 Å². The Kier molecular flexibility index (Phi) is 43.7. The zero-order chi connectivity index (χ0) is 43.3. The molecule has 6 N–H and O–H groups in total. The van der Waals surface area contributed by atoms with Crippen LogP contribution < -0.4 is 6.15 Å². The number of aliphatic hydroxyl groups excluding tert-OH is 2. The van der Waals surface area contributed by atoms with E-state index in [1.54, 1.807) is 0 Å². The van der Waals surface area contributed by atoms with Gasteiger partial charge < -0.3 is 30.7 Å². The molecule has 0 rings (SSSR count). The fourth-order valence-electron chi connectivity index (χ4n) is 4.78. The summed E-state index contributed by atoms with van der Waals surface area (Å²) in [7, 11) is -4.64. The lowest BCUT2D eigenvalue weighted by Crippen LogP contribution is -2.25. The van der Waals surface area contributed by atoms with E-state index in [2.05, 4.69) is 111 Å². The molecule has 0 aromatic rings. The average molecular weight is 860 g/mol. The minimum atomic E-state index is -4.64. The summed E-state index contributed by atoms with van der Waals surface area (Å²) in [6.07, 6.45) is 54.9. The molecular formula is C48H78NO10P. The second kappa shape index (κ2) is 44.9. The van der Waals surface area contributed by atoms with Crippen molar-refractivity contribution in [1.82, 2.24) is 6.15 Å². The molecule has 1 unspecified atom stereocenters. The van der Waals surface area contributed by atoms with Crippen LogP contribution in [0.2, 0.25) is 0 Å². The van der Waals surface area contributed by atoms with Gasteiger partial charge in [-0.1, -0.05) is 148 Å². The molecule has 0 amide bonds. The van der Waals surface area contributed by atoms with Gasteiger partial charge in [0, 0.05) is 12.8 Å². The highest BCUT2D eigenvalue weighted by molar-refractivity contribution is 7.47. The van der Waals surface area contributed by atoms with E-state index in [0.717, 1.165) is 64.2 Å². The van der Waals surface area contributed by atoms with Crippen LogP contribution in [0, 0.1) is 0 Å². The standard InChI is InChI=1S/C48H75O10P.H3N/c1-3-5-7-9-11-13-15-17-19-21-22-24-26-28-30-32-34-36-38-40-48(52)56-42-46(50)44-58-59(53,54)57-43-45(49)41-55-47(51)39-37-35-33-31-29-27-25-23-20-18-16-14-12-10-8-6-4-2;/h5,7,11-14,17-20,22,24-25,27-28,30-31,33-34,36,45-46,49-50H,3-4,6,8-10,15-16,21,23,26,29,32,35,37-44H2,1-2H3,(H,53,54);1H3/b7-5-,13-11-,14-12-,19-17-,20-18-,24-22-,27-25-,30-28-,33-31-,36-34-;/t45-,46-;/m1./s1. The van der Waals surface area contributed by atoms with E-state index in [4.69, 9.17) is 18.5 Å². The van der Waals surface area contributed by atoms with Crippen molar-refractivity contribution in [3.05, 3.63) is 122 Å². The highest BCUT2D eigenvalue weighted by Crippen LogP contribution is 2.43. The summed E-state index contributed by atoms with van der Waals surface area (Å²) >= 11 is 0. The number of aliphatic hydroxyl groups is 2. The average Bonchev–Trinajstić information content (AvgIpc) is 3.22. The Hall–Kier alpha value is -3.67. The third-order valence-corrected chi connectivity index (χ3v) is 9.01. The largest absolute Gasteiger partial charge is 0.472 e. The summed E-state index contributed by atoms with van der Waals surface area (Å²) in [5, 5.41) is 20.0. The minimum absolute atomic E-state index is 0. The molecule has 11 nitrogen and oxygen atoms in total. The molecule has 0 bridgehead atoms. The van der Waals surface area contributed by atoms with Crippen LogP contribution in [0.5, 0.6) is 0 Å². The van der Waals surface area contributed by atoms with Crippen LogP contribution in [0.15, 0.2) is 122 Å². The molecule has 340 valence electrons. The molecule has 0 radical (unpaired) electrons. The van der Waals surface area contributed by atoms with Crippen LogP contribution in [0.25, 0.3) is 0 Å². The van der Waals surface area contributed by atoms with E-state index in [1.165, 1.54) is 19.3 Å². The summed E-state index contributed by atoms with van der Waals surface area (Å²) in [6, 6.07) is 0. The molecule has 0 aliphatic heterocycles. The normalized spacial score (nSPS) is 14.8. The van der Waals surface area contributed by atoms with Crippen molar-refractivity contribution >= 4 is 19.8 Å². The monoisotopic (exact) mass is 860 g/mol. The van der Waals surface area contributed by atoms with Gasteiger partial charge >= 0.3 is 19.8 Å². The van der Waals surface area contributed by atoms with Gasteiger partial charge in [-0.05, 0) is 89.9 Å². The summed E-state index contributed by atoms with van der Waals surface area (Å²) in [5.74, 6) is -1.03. The summed E-state index contributed by atoms with van der Waals surface area (Å²) < 4.78 is 31.6. The molecule has 0 heterocycles. The molecule has 0 spiro atoms. The molecule has 0 aromatic heterocycles. The molecule has 0 aliphatic rings. The minimum Gasteiger partial charge on any atom is -0.463 e.